The van der Waals surface area contributed by atoms with E-state index < -0.39 is 12.7 Å². The predicted molar refractivity (Wildman–Crippen MR) is 80.9 cm³/mol. The second-order valence-corrected chi connectivity index (χ2v) is 5.31. The van der Waals surface area contributed by atoms with Gasteiger partial charge in [0.2, 0.25) is 0 Å². The molecule has 0 saturated heterocycles. The summed E-state index contributed by atoms with van der Waals surface area (Å²) in [6.07, 6.45) is -2.44. The van der Waals surface area contributed by atoms with Crippen molar-refractivity contribution in [3.63, 3.8) is 0 Å². The number of hydrogen-bond acceptors (Lipinski definition) is 2. The minimum atomic E-state index is -4.32. The second kappa shape index (κ2) is 4.84. The van der Waals surface area contributed by atoms with E-state index in [0.29, 0.717) is 11.0 Å². The third-order valence-corrected chi connectivity index (χ3v) is 3.74. The van der Waals surface area contributed by atoms with Gasteiger partial charge in [0.05, 0.1) is 5.52 Å². The maximum atomic E-state index is 12.5. The summed E-state index contributed by atoms with van der Waals surface area (Å²) in [5.74, 6) is 0. The Labute approximate surface area is 128 Å². The molecule has 2 aromatic heterocycles. The Morgan fingerprint density at radius 1 is 1.09 bits per heavy atom. The number of halogens is 3. The van der Waals surface area contributed by atoms with Crippen LogP contribution in [0.5, 0.6) is 0 Å². The molecular weight excluding hydrogens is 305 g/mol. The summed E-state index contributed by atoms with van der Waals surface area (Å²) in [5, 5.41) is 8.51. The molecule has 1 N–H and O–H groups in total. The van der Waals surface area contributed by atoms with Gasteiger partial charge in [-0.2, -0.15) is 13.2 Å². The Morgan fingerprint density at radius 3 is 2.74 bits per heavy atom. The lowest BCUT2D eigenvalue weighted by Crippen LogP contribution is -2.18. The third-order valence-electron chi connectivity index (χ3n) is 3.74. The van der Waals surface area contributed by atoms with Crippen molar-refractivity contribution < 1.29 is 13.2 Å². The van der Waals surface area contributed by atoms with E-state index in [2.05, 4.69) is 15.3 Å². The molecular formula is C16H11F3N4. The third kappa shape index (κ3) is 2.44. The Balaban J connectivity index is 1.81. The van der Waals surface area contributed by atoms with Gasteiger partial charge in [-0.05, 0) is 23.8 Å². The molecule has 0 aliphatic heterocycles. The van der Waals surface area contributed by atoms with Crippen molar-refractivity contribution in [3.8, 4) is 11.1 Å². The Bertz CT molecular complexity index is 997. The first-order valence-corrected chi connectivity index (χ1v) is 6.98. The van der Waals surface area contributed by atoms with Gasteiger partial charge in [0.25, 0.3) is 0 Å². The number of nitrogens with one attached hydrogen (secondary N) is 1. The van der Waals surface area contributed by atoms with Crippen LogP contribution in [0.3, 0.4) is 0 Å². The average molecular weight is 316 g/mol. The SMILES string of the molecule is FC(F)(F)Cn1nnc2cc(-c3c[nH]c4ccccc34)ccc21. The van der Waals surface area contributed by atoms with Crippen LogP contribution in [0.15, 0.2) is 48.7 Å². The molecule has 0 spiro atoms. The normalized spacial score (nSPS) is 12.3. The predicted octanol–water partition coefficient (Wildman–Crippen LogP) is 4.14. The zero-order chi connectivity index (χ0) is 16.0. The molecule has 0 amide bonds. The standard InChI is InChI=1S/C16H11F3N4/c17-16(18,19)9-23-15-6-5-10(7-14(15)21-22-23)12-8-20-13-4-2-1-3-11(12)13/h1-8,20H,9H2. The fraction of sp³-hybridized carbons (Fsp3) is 0.125. The number of hydrogen-bond donors (Lipinski definition) is 1. The highest BCUT2D eigenvalue weighted by molar-refractivity contribution is 5.97. The lowest BCUT2D eigenvalue weighted by molar-refractivity contribution is -0.142. The first kappa shape index (κ1) is 13.8. The smallest absolute Gasteiger partial charge is 0.361 e. The minimum Gasteiger partial charge on any atom is -0.361 e. The van der Waals surface area contributed by atoms with Gasteiger partial charge in [0.1, 0.15) is 12.1 Å². The summed E-state index contributed by atoms with van der Waals surface area (Å²) >= 11 is 0. The van der Waals surface area contributed by atoms with E-state index >= 15 is 0 Å². The molecule has 4 aromatic rings. The highest BCUT2D eigenvalue weighted by Gasteiger charge is 2.29. The van der Waals surface area contributed by atoms with Gasteiger partial charge in [-0.15, -0.1) is 5.10 Å². The summed E-state index contributed by atoms with van der Waals surface area (Å²) in [6, 6.07) is 13.0. The van der Waals surface area contributed by atoms with E-state index in [9.17, 15) is 13.2 Å². The van der Waals surface area contributed by atoms with Gasteiger partial charge in [0.15, 0.2) is 0 Å². The van der Waals surface area contributed by atoms with Crippen LogP contribution >= 0.6 is 0 Å². The topological polar surface area (TPSA) is 46.5 Å². The zero-order valence-corrected chi connectivity index (χ0v) is 11.8. The molecule has 23 heavy (non-hydrogen) atoms. The van der Waals surface area contributed by atoms with Crippen molar-refractivity contribution in [2.75, 3.05) is 0 Å². The van der Waals surface area contributed by atoms with Crippen molar-refractivity contribution in [3.05, 3.63) is 48.7 Å². The lowest BCUT2D eigenvalue weighted by atomic mass is 10.0. The monoisotopic (exact) mass is 316 g/mol. The molecule has 0 radical (unpaired) electrons. The van der Waals surface area contributed by atoms with E-state index in [4.69, 9.17) is 0 Å². The molecule has 4 rings (SSSR count). The fourth-order valence-corrected chi connectivity index (χ4v) is 2.74. The highest BCUT2D eigenvalue weighted by Crippen LogP contribution is 2.30. The van der Waals surface area contributed by atoms with Crippen LogP contribution in [0.1, 0.15) is 0 Å². The van der Waals surface area contributed by atoms with Gasteiger partial charge in [-0.1, -0.05) is 29.5 Å². The highest BCUT2D eigenvalue weighted by atomic mass is 19.4. The number of rotatable bonds is 2. The minimum absolute atomic E-state index is 0.367. The molecule has 0 bridgehead atoms. The lowest BCUT2D eigenvalue weighted by Gasteiger charge is -2.06. The number of alkyl halides is 3. The summed E-state index contributed by atoms with van der Waals surface area (Å²) in [5.41, 5.74) is 3.67. The second-order valence-electron chi connectivity index (χ2n) is 5.31. The zero-order valence-electron chi connectivity index (χ0n) is 11.8. The molecule has 0 aliphatic rings. The number of fused-ring (bicyclic) bond motifs is 2. The summed E-state index contributed by atoms with van der Waals surface area (Å²) in [6.45, 7) is -1.14. The quantitative estimate of drug-likeness (QED) is 0.604. The largest absolute Gasteiger partial charge is 0.408 e. The summed E-state index contributed by atoms with van der Waals surface area (Å²) in [7, 11) is 0. The summed E-state index contributed by atoms with van der Waals surface area (Å²) < 4.78 is 38.5. The van der Waals surface area contributed by atoms with Gasteiger partial charge in [-0.3, -0.25) is 0 Å². The number of para-hydroxylation sites is 1. The Hall–Kier alpha value is -2.83. The maximum absolute atomic E-state index is 12.5. The van der Waals surface area contributed by atoms with E-state index in [-0.39, 0.29) is 0 Å². The first-order chi connectivity index (χ1) is 11.0. The van der Waals surface area contributed by atoms with Gasteiger partial charge in [-0.25, -0.2) is 4.68 Å². The molecule has 7 heteroatoms. The van der Waals surface area contributed by atoms with Crippen LogP contribution < -0.4 is 0 Å². The summed E-state index contributed by atoms with van der Waals surface area (Å²) in [4.78, 5) is 3.18. The van der Waals surface area contributed by atoms with E-state index in [1.54, 1.807) is 18.2 Å². The molecule has 116 valence electrons. The molecule has 2 aromatic carbocycles. The van der Waals surface area contributed by atoms with Crippen LogP contribution in [-0.4, -0.2) is 26.2 Å². The molecule has 2 heterocycles. The van der Waals surface area contributed by atoms with Crippen LogP contribution in [0.4, 0.5) is 13.2 Å². The van der Waals surface area contributed by atoms with E-state index in [1.807, 2.05) is 30.5 Å². The first-order valence-electron chi connectivity index (χ1n) is 6.98. The fourth-order valence-electron chi connectivity index (χ4n) is 2.74. The number of aromatic nitrogens is 4. The molecule has 0 fully saturated rings. The van der Waals surface area contributed by atoms with Crippen molar-refractivity contribution in [2.45, 2.75) is 12.7 Å². The number of benzene rings is 2. The van der Waals surface area contributed by atoms with Crippen molar-refractivity contribution in [1.82, 2.24) is 20.0 Å². The van der Waals surface area contributed by atoms with Crippen LogP contribution in [-0.2, 0) is 6.54 Å². The van der Waals surface area contributed by atoms with Crippen molar-refractivity contribution >= 4 is 21.9 Å². The molecule has 4 nitrogen and oxygen atoms in total. The van der Waals surface area contributed by atoms with Crippen molar-refractivity contribution in [1.29, 1.82) is 0 Å². The van der Waals surface area contributed by atoms with Crippen LogP contribution in [0.25, 0.3) is 33.1 Å². The maximum Gasteiger partial charge on any atom is 0.408 e. The average Bonchev–Trinajstić information content (AvgIpc) is 3.10. The van der Waals surface area contributed by atoms with Crippen molar-refractivity contribution in [2.24, 2.45) is 0 Å². The van der Waals surface area contributed by atoms with E-state index in [0.717, 1.165) is 26.7 Å². The molecule has 0 aliphatic carbocycles. The van der Waals surface area contributed by atoms with Gasteiger partial charge >= 0.3 is 6.18 Å². The van der Waals surface area contributed by atoms with Gasteiger partial charge < -0.3 is 4.98 Å². The van der Waals surface area contributed by atoms with Crippen LogP contribution in [0.2, 0.25) is 0 Å². The molecule has 0 atom stereocenters. The molecule has 0 saturated carbocycles. The van der Waals surface area contributed by atoms with Gasteiger partial charge in [0, 0.05) is 22.7 Å². The Morgan fingerprint density at radius 2 is 1.91 bits per heavy atom. The number of H-pyrrole nitrogens is 1. The number of aromatic amines is 1. The number of nitrogens with zero attached hydrogens (tertiary/aromatic N) is 3. The molecule has 0 unspecified atom stereocenters. The van der Waals surface area contributed by atoms with E-state index in [1.165, 1.54) is 0 Å². The van der Waals surface area contributed by atoms with Crippen LogP contribution in [0, 0.1) is 0 Å². The Kier molecular flexibility index (Phi) is 2.90.